The Labute approximate surface area is 121 Å². The van der Waals surface area contributed by atoms with Gasteiger partial charge in [-0.3, -0.25) is 4.79 Å². The van der Waals surface area contributed by atoms with Gasteiger partial charge in [0.15, 0.2) is 11.6 Å². The standard InChI is InChI=1S/C17H24O3/c1-4-10-19-17(20-11-5-2)12-16(17)15-8-6-14(7-9-15)13(3)18/h6-9,16H,4-5,10-12H2,1-3H3/t16-/m1/s1. The Bertz CT molecular complexity index is 442. The van der Waals surface area contributed by atoms with E-state index in [4.69, 9.17) is 9.47 Å². The van der Waals surface area contributed by atoms with E-state index < -0.39 is 5.79 Å². The van der Waals surface area contributed by atoms with Crippen molar-refractivity contribution in [1.82, 2.24) is 0 Å². The van der Waals surface area contributed by atoms with Gasteiger partial charge in [-0.2, -0.15) is 0 Å². The molecule has 110 valence electrons. The first-order valence-corrected chi connectivity index (χ1v) is 7.51. The molecule has 0 heterocycles. The number of carbonyl (C=O) groups is 1. The Balaban J connectivity index is 2.06. The van der Waals surface area contributed by atoms with E-state index in [0.29, 0.717) is 5.92 Å². The molecule has 20 heavy (non-hydrogen) atoms. The summed E-state index contributed by atoms with van der Waals surface area (Å²) < 4.78 is 11.9. The summed E-state index contributed by atoms with van der Waals surface area (Å²) >= 11 is 0. The van der Waals surface area contributed by atoms with Gasteiger partial charge in [0.1, 0.15) is 0 Å². The van der Waals surface area contributed by atoms with Crippen molar-refractivity contribution < 1.29 is 14.3 Å². The van der Waals surface area contributed by atoms with Crippen LogP contribution in [0, 0.1) is 0 Å². The average molecular weight is 276 g/mol. The Morgan fingerprint density at radius 3 is 2.15 bits per heavy atom. The zero-order valence-corrected chi connectivity index (χ0v) is 12.6. The predicted molar refractivity (Wildman–Crippen MR) is 79.0 cm³/mol. The predicted octanol–water partition coefficient (Wildman–Crippen LogP) is 3.93. The van der Waals surface area contributed by atoms with Gasteiger partial charge in [-0.15, -0.1) is 0 Å². The smallest absolute Gasteiger partial charge is 0.176 e. The van der Waals surface area contributed by atoms with Gasteiger partial charge in [-0.05, 0) is 25.3 Å². The van der Waals surface area contributed by atoms with Crippen LogP contribution in [0.3, 0.4) is 0 Å². The van der Waals surface area contributed by atoms with E-state index in [1.54, 1.807) is 6.92 Å². The summed E-state index contributed by atoms with van der Waals surface area (Å²) in [7, 11) is 0. The summed E-state index contributed by atoms with van der Waals surface area (Å²) in [5, 5.41) is 0. The molecule has 0 spiro atoms. The van der Waals surface area contributed by atoms with Crippen molar-refractivity contribution in [2.75, 3.05) is 13.2 Å². The van der Waals surface area contributed by atoms with Gasteiger partial charge >= 0.3 is 0 Å². The third-order valence-corrected chi connectivity index (χ3v) is 3.68. The minimum atomic E-state index is -0.427. The van der Waals surface area contributed by atoms with Crippen molar-refractivity contribution in [3.05, 3.63) is 35.4 Å². The normalized spacial score (nSPS) is 19.9. The number of ketones is 1. The lowest BCUT2D eigenvalue weighted by atomic mass is 10.1. The zero-order valence-electron chi connectivity index (χ0n) is 12.6. The van der Waals surface area contributed by atoms with Crippen LogP contribution in [0.2, 0.25) is 0 Å². The highest BCUT2D eigenvalue weighted by Crippen LogP contribution is 2.55. The van der Waals surface area contributed by atoms with E-state index in [0.717, 1.165) is 38.0 Å². The molecule has 1 aromatic carbocycles. The molecule has 3 nitrogen and oxygen atoms in total. The van der Waals surface area contributed by atoms with Crippen LogP contribution in [-0.4, -0.2) is 24.8 Å². The van der Waals surface area contributed by atoms with Gasteiger partial charge in [0.05, 0.1) is 0 Å². The molecule has 1 aliphatic rings. The van der Waals surface area contributed by atoms with Crippen LogP contribution in [0.5, 0.6) is 0 Å². The SMILES string of the molecule is CCCOC1(OCCC)C[C@@H]1c1ccc(C(C)=O)cc1. The van der Waals surface area contributed by atoms with E-state index >= 15 is 0 Å². The number of hydrogen-bond acceptors (Lipinski definition) is 3. The lowest BCUT2D eigenvalue weighted by molar-refractivity contribution is -0.170. The quantitative estimate of drug-likeness (QED) is 0.533. The van der Waals surface area contributed by atoms with E-state index in [1.807, 2.05) is 24.3 Å². The number of carbonyl (C=O) groups excluding carboxylic acids is 1. The van der Waals surface area contributed by atoms with Crippen molar-refractivity contribution in [2.24, 2.45) is 0 Å². The van der Waals surface area contributed by atoms with E-state index in [2.05, 4.69) is 13.8 Å². The first-order chi connectivity index (χ1) is 9.63. The topological polar surface area (TPSA) is 35.5 Å². The van der Waals surface area contributed by atoms with Gasteiger partial charge < -0.3 is 9.47 Å². The molecule has 0 amide bonds. The number of ether oxygens (including phenoxy) is 2. The van der Waals surface area contributed by atoms with Gasteiger partial charge in [0.25, 0.3) is 0 Å². The average Bonchev–Trinajstić information content (AvgIpc) is 3.18. The molecule has 1 saturated carbocycles. The lowest BCUT2D eigenvalue weighted by Gasteiger charge is -2.19. The Morgan fingerprint density at radius 2 is 1.70 bits per heavy atom. The van der Waals surface area contributed by atoms with Crippen molar-refractivity contribution in [3.63, 3.8) is 0 Å². The maximum atomic E-state index is 11.3. The minimum Gasteiger partial charge on any atom is -0.349 e. The van der Waals surface area contributed by atoms with Gasteiger partial charge in [-0.25, -0.2) is 0 Å². The molecule has 3 heteroatoms. The van der Waals surface area contributed by atoms with E-state index in [1.165, 1.54) is 5.56 Å². The molecule has 0 aliphatic heterocycles. The number of Topliss-reactive ketones (excluding diaryl/α,β-unsaturated/α-hetero) is 1. The highest BCUT2D eigenvalue weighted by Gasteiger charge is 2.57. The Hall–Kier alpha value is -1.19. The molecule has 2 rings (SSSR count). The highest BCUT2D eigenvalue weighted by atomic mass is 16.7. The number of benzene rings is 1. The largest absolute Gasteiger partial charge is 0.349 e. The summed E-state index contributed by atoms with van der Waals surface area (Å²) in [5.74, 6) is -0.0336. The summed E-state index contributed by atoms with van der Waals surface area (Å²) in [6.07, 6.45) is 2.90. The molecule has 0 aromatic heterocycles. The summed E-state index contributed by atoms with van der Waals surface area (Å²) in [4.78, 5) is 11.3. The number of rotatable bonds is 8. The molecule has 1 aliphatic carbocycles. The van der Waals surface area contributed by atoms with Crippen LogP contribution in [0.15, 0.2) is 24.3 Å². The number of hydrogen-bond donors (Lipinski definition) is 0. The lowest BCUT2D eigenvalue weighted by Crippen LogP contribution is -2.22. The van der Waals surface area contributed by atoms with Crippen LogP contribution < -0.4 is 0 Å². The molecule has 0 saturated heterocycles. The fraction of sp³-hybridized carbons (Fsp3) is 0.588. The first kappa shape index (κ1) is 15.2. The fourth-order valence-corrected chi connectivity index (χ4v) is 2.46. The second kappa shape index (κ2) is 6.51. The van der Waals surface area contributed by atoms with Crippen molar-refractivity contribution in [2.45, 2.75) is 51.7 Å². The second-order valence-electron chi connectivity index (χ2n) is 5.44. The second-order valence-corrected chi connectivity index (χ2v) is 5.44. The van der Waals surface area contributed by atoms with Gasteiger partial charge in [0.2, 0.25) is 0 Å². The molecular formula is C17H24O3. The summed E-state index contributed by atoms with van der Waals surface area (Å²) in [5.41, 5.74) is 1.95. The summed E-state index contributed by atoms with van der Waals surface area (Å²) in [6, 6.07) is 7.82. The van der Waals surface area contributed by atoms with Gasteiger partial charge in [0, 0.05) is 31.1 Å². The Morgan fingerprint density at radius 1 is 1.15 bits per heavy atom. The first-order valence-electron chi connectivity index (χ1n) is 7.51. The maximum Gasteiger partial charge on any atom is 0.176 e. The molecular weight excluding hydrogens is 252 g/mol. The van der Waals surface area contributed by atoms with Crippen LogP contribution in [0.25, 0.3) is 0 Å². The minimum absolute atomic E-state index is 0.100. The fourth-order valence-electron chi connectivity index (χ4n) is 2.46. The molecule has 1 fully saturated rings. The molecule has 1 aromatic rings. The van der Waals surface area contributed by atoms with Gasteiger partial charge in [-0.1, -0.05) is 38.1 Å². The molecule has 0 unspecified atom stereocenters. The highest BCUT2D eigenvalue weighted by molar-refractivity contribution is 5.94. The molecule has 0 radical (unpaired) electrons. The van der Waals surface area contributed by atoms with Crippen LogP contribution in [0.4, 0.5) is 0 Å². The third-order valence-electron chi connectivity index (χ3n) is 3.68. The zero-order chi connectivity index (χ0) is 14.6. The van der Waals surface area contributed by atoms with Crippen LogP contribution in [0.1, 0.15) is 61.9 Å². The summed E-state index contributed by atoms with van der Waals surface area (Å²) in [6.45, 7) is 7.25. The third kappa shape index (κ3) is 3.28. The Kier molecular flexibility index (Phi) is 4.95. The van der Waals surface area contributed by atoms with Crippen molar-refractivity contribution in [1.29, 1.82) is 0 Å². The maximum absolute atomic E-state index is 11.3. The molecule has 1 atom stereocenters. The molecule has 0 bridgehead atoms. The molecule has 0 N–H and O–H groups in total. The van der Waals surface area contributed by atoms with E-state index in [9.17, 15) is 4.79 Å². The van der Waals surface area contributed by atoms with Crippen LogP contribution >= 0.6 is 0 Å². The van der Waals surface area contributed by atoms with Crippen molar-refractivity contribution >= 4 is 5.78 Å². The van der Waals surface area contributed by atoms with E-state index in [-0.39, 0.29) is 5.78 Å². The monoisotopic (exact) mass is 276 g/mol. The van der Waals surface area contributed by atoms with Crippen molar-refractivity contribution in [3.8, 4) is 0 Å². The van der Waals surface area contributed by atoms with Crippen LogP contribution in [-0.2, 0) is 9.47 Å².